The second-order valence-electron chi connectivity index (χ2n) is 4.62. The summed E-state index contributed by atoms with van der Waals surface area (Å²) < 4.78 is 26.8. The summed E-state index contributed by atoms with van der Waals surface area (Å²) in [7, 11) is 0.453. The van der Waals surface area contributed by atoms with Gasteiger partial charge in [-0.15, -0.1) is 11.3 Å². The Kier molecular flexibility index (Phi) is 6.41. The molecule has 0 aromatic carbocycles. The topological polar surface area (TPSA) is 66.6 Å². The summed E-state index contributed by atoms with van der Waals surface area (Å²) in [5.41, 5.74) is 5.61. The minimum Gasteiger partial charge on any atom is -0.326 e. The molecule has 0 bridgehead atoms. The monoisotopic (exact) mass is 305 g/mol. The van der Waals surface area contributed by atoms with E-state index in [1.54, 1.807) is 15.8 Å². The number of rotatable bonds is 8. The van der Waals surface area contributed by atoms with Crippen LogP contribution >= 0.6 is 11.3 Å². The summed E-state index contributed by atoms with van der Waals surface area (Å²) in [5, 5.41) is 1.78. The Bertz CT molecular complexity index is 483. The lowest BCUT2D eigenvalue weighted by molar-refractivity contribution is 0.333. The molecule has 110 valence electrons. The van der Waals surface area contributed by atoms with Crippen molar-refractivity contribution < 1.29 is 8.42 Å². The van der Waals surface area contributed by atoms with Crippen molar-refractivity contribution >= 4 is 21.4 Å². The lowest BCUT2D eigenvalue weighted by atomic mass is 10.4. The lowest BCUT2D eigenvalue weighted by Gasteiger charge is -2.23. The number of thiophene rings is 1. The molecule has 0 fully saturated rings. The molecular weight excluding hydrogens is 282 g/mol. The van der Waals surface area contributed by atoms with Crippen molar-refractivity contribution in [1.82, 2.24) is 9.21 Å². The third-order valence-electron chi connectivity index (χ3n) is 2.78. The minimum absolute atomic E-state index is 0.264. The number of hydrogen-bond donors (Lipinski definition) is 1. The zero-order valence-electron chi connectivity index (χ0n) is 11.8. The van der Waals surface area contributed by atoms with E-state index in [-0.39, 0.29) is 6.54 Å². The van der Waals surface area contributed by atoms with Crippen molar-refractivity contribution in [2.75, 3.05) is 33.7 Å². The first-order valence-corrected chi connectivity index (χ1v) is 8.66. The van der Waals surface area contributed by atoms with Crippen molar-refractivity contribution in [1.29, 1.82) is 0 Å². The van der Waals surface area contributed by atoms with Crippen molar-refractivity contribution in [2.24, 2.45) is 5.73 Å². The fourth-order valence-corrected chi connectivity index (χ4v) is 4.59. The Morgan fingerprint density at radius 2 is 1.95 bits per heavy atom. The summed E-state index contributed by atoms with van der Waals surface area (Å²) in [6.07, 6.45) is 0.800. The molecule has 0 spiro atoms. The maximum absolute atomic E-state index is 12.6. The Balaban J connectivity index is 2.99. The standard InChI is InChI=1S/C12H23N3O2S2/c1-4-6-15(8-7-14(2)3)19(16,17)12-5-9-18-11(12)10-13/h5,9H,4,6-8,10,13H2,1-3H3. The van der Waals surface area contributed by atoms with Crippen molar-refractivity contribution in [2.45, 2.75) is 24.8 Å². The lowest BCUT2D eigenvalue weighted by Crippen LogP contribution is -2.37. The van der Waals surface area contributed by atoms with E-state index >= 15 is 0 Å². The number of likely N-dealkylation sites (N-methyl/N-ethyl adjacent to an activating group) is 1. The van der Waals surface area contributed by atoms with Gasteiger partial charge in [0.2, 0.25) is 10.0 Å². The van der Waals surface area contributed by atoms with Gasteiger partial charge in [-0.3, -0.25) is 0 Å². The zero-order valence-corrected chi connectivity index (χ0v) is 13.4. The van der Waals surface area contributed by atoms with Crippen LogP contribution in [0.5, 0.6) is 0 Å². The van der Waals surface area contributed by atoms with Gasteiger partial charge in [-0.1, -0.05) is 6.92 Å². The molecule has 1 aromatic heterocycles. The van der Waals surface area contributed by atoms with Crippen LogP contribution < -0.4 is 5.73 Å². The number of nitrogens with two attached hydrogens (primary N) is 1. The van der Waals surface area contributed by atoms with E-state index in [0.29, 0.717) is 24.5 Å². The smallest absolute Gasteiger partial charge is 0.244 e. The summed E-state index contributed by atoms with van der Waals surface area (Å²) in [6.45, 7) is 4.00. The molecule has 0 saturated carbocycles. The largest absolute Gasteiger partial charge is 0.326 e. The van der Waals surface area contributed by atoms with Crippen LogP contribution in [0.3, 0.4) is 0 Å². The van der Waals surface area contributed by atoms with E-state index in [9.17, 15) is 8.42 Å². The predicted molar refractivity (Wildman–Crippen MR) is 79.8 cm³/mol. The SMILES string of the molecule is CCCN(CCN(C)C)S(=O)(=O)c1ccsc1CN. The van der Waals surface area contributed by atoms with Crippen molar-refractivity contribution in [3.8, 4) is 0 Å². The first-order chi connectivity index (χ1) is 8.93. The normalized spacial score (nSPS) is 12.5. The van der Waals surface area contributed by atoms with Crippen LogP contribution in [0, 0.1) is 0 Å². The predicted octanol–water partition coefficient (Wildman–Crippen LogP) is 1.17. The van der Waals surface area contributed by atoms with Gasteiger partial charge in [0.05, 0.1) is 4.90 Å². The van der Waals surface area contributed by atoms with E-state index in [4.69, 9.17) is 5.73 Å². The highest BCUT2D eigenvalue weighted by Crippen LogP contribution is 2.24. The second kappa shape index (κ2) is 7.35. The van der Waals surface area contributed by atoms with E-state index < -0.39 is 10.0 Å². The molecular formula is C12H23N3O2S2. The van der Waals surface area contributed by atoms with E-state index in [1.807, 2.05) is 25.9 Å². The molecule has 1 aromatic rings. The van der Waals surface area contributed by atoms with Crippen LogP contribution in [0.4, 0.5) is 0 Å². The second-order valence-corrected chi connectivity index (χ2v) is 7.53. The number of hydrogen-bond acceptors (Lipinski definition) is 5. The van der Waals surface area contributed by atoms with Gasteiger partial charge in [0.1, 0.15) is 0 Å². The van der Waals surface area contributed by atoms with Crippen LogP contribution in [0.1, 0.15) is 18.2 Å². The van der Waals surface area contributed by atoms with Crippen LogP contribution in [-0.4, -0.2) is 51.4 Å². The van der Waals surface area contributed by atoms with Crippen LogP contribution in [-0.2, 0) is 16.6 Å². The first kappa shape index (κ1) is 16.6. The Labute approximate surface area is 120 Å². The number of nitrogens with zero attached hydrogens (tertiary/aromatic N) is 2. The molecule has 19 heavy (non-hydrogen) atoms. The van der Waals surface area contributed by atoms with Crippen LogP contribution in [0.15, 0.2) is 16.3 Å². The third kappa shape index (κ3) is 4.25. The van der Waals surface area contributed by atoms with Gasteiger partial charge in [0, 0.05) is 31.1 Å². The van der Waals surface area contributed by atoms with Crippen molar-refractivity contribution in [3.05, 3.63) is 16.3 Å². The minimum atomic E-state index is -3.42. The molecule has 0 atom stereocenters. The third-order valence-corrected chi connectivity index (χ3v) is 5.83. The van der Waals surface area contributed by atoms with Crippen molar-refractivity contribution in [3.63, 3.8) is 0 Å². The van der Waals surface area contributed by atoms with Gasteiger partial charge >= 0.3 is 0 Å². The molecule has 0 aliphatic rings. The van der Waals surface area contributed by atoms with Crippen LogP contribution in [0.25, 0.3) is 0 Å². The Morgan fingerprint density at radius 3 is 2.47 bits per heavy atom. The maximum atomic E-state index is 12.6. The van der Waals surface area contributed by atoms with Gasteiger partial charge in [0.25, 0.3) is 0 Å². The average Bonchev–Trinajstić information content (AvgIpc) is 2.82. The molecule has 0 amide bonds. The molecule has 5 nitrogen and oxygen atoms in total. The molecule has 1 heterocycles. The van der Waals surface area contributed by atoms with E-state index in [2.05, 4.69) is 0 Å². The fraction of sp³-hybridized carbons (Fsp3) is 0.667. The Morgan fingerprint density at radius 1 is 1.26 bits per heavy atom. The molecule has 1 rings (SSSR count). The quantitative estimate of drug-likeness (QED) is 0.783. The summed E-state index contributed by atoms with van der Waals surface area (Å²) >= 11 is 1.40. The molecule has 0 saturated heterocycles. The summed E-state index contributed by atoms with van der Waals surface area (Å²) in [6, 6.07) is 1.65. The van der Waals surface area contributed by atoms with Gasteiger partial charge in [-0.25, -0.2) is 8.42 Å². The first-order valence-electron chi connectivity index (χ1n) is 6.34. The molecule has 0 aliphatic heterocycles. The molecule has 0 aliphatic carbocycles. The summed E-state index contributed by atoms with van der Waals surface area (Å²) in [4.78, 5) is 3.08. The van der Waals surface area contributed by atoms with E-state index in [1.165, 1.54) is 11.3 Å². The number of sulfonamides is 1. The highest BCUT2D eigenvalue weighted by Gasteiger charge is 2.26. The van der Waals surface area contributed by atoms with E-state index in [0.717, 1.165) is 11.3 Å². The molecule has 0 unspecified atom stereocenters. The van der Waals surface area contributed by atoms with Gasteiger partial charge < -0.3 is 10.6 Å². The average molecular weight is 305 g/mol. The van der Waals surface area contributed by atoms with Gasteiger partial charge in [-0.05, 0) is 32.0 Å². The Hall–Kier alpha value is -0.470. The van der Waals surface area contributed by atoms with Gasteiger partial charge in [0.15, 0.2) is 0 Å². The highest BCUT2D eigenvalue weighted by molar-refractivity contribution is 7.89. The summed E-state index contributed by atoms with van der Waals surface area (Å²) in [5.74, 6) is 0. The van der Waals surface area contributed by atoms with Crippen LogP contribution in [0.2, 0.25) is 0 Å². The highest BCUT2D eigenvalue weighted by atomic mass is 32.2. The maximum Gasteiger partial charge on any atom is 0.244 e. The molecule has 2 N–H and O–H groups in total. The van der Waals surface area contributed by atoms with Gasteiger partial charge in [-0.2, -0.15) is 4.31 Å². The zero-order chi connectivity index (χ0) is 14.5. The molecule has 0 radical (unpaired) electrons. The molecule has 7 heteroatoms. The fourth-order valence-electron chi connectivity index (χ4n) is 1.76.